The van der Waals surface area contributed by atoms with Gasteiger partial charge in [0.05, 0.1) is 6.42 Å². The molecule has 1 unspecified atom stereocenters. The number of hydrogen-bond donors (Lipinski definition) is 1. The molecule has 3 aliphatic rings. The Morgan fingerprint density at radius 1 is 1.10 bits per heavy atom. The van der Waals surface area contributed by atoms with E-state index in [2.05, 4.69) is 5.32 Å². The monoisotopic (exact) mass is 288 g/mol. The summed E-state index contributed by atoms with van der Waals surface area (Å²) in [5.41, 5.74) is 0.767. The summed E-state index contributed by atoms with van der Waals surface area (Å²) < 4.78 is 11.0. The number of hydrogen-bond acceptors (Lipinski definition) is 5. The molecule has 1 aliphatic carbocycles. The number of carbonyl (C=O) groups excluding carboxylic acids is 2. The van der Waals surface area contributed by atoms with E-state index in [0.29, 0.717) is 24.7 Å². The van der Waals surface area contributed by atoms with Crippen LogP contribution in [0.25, 0.3) is 0 Å². The van der Waals surface area contributed by atoms with Crippen molar-refractivity contribution >= 4 is 17.5 Å². The minimum absolute atomic E-state index is 0.0717. The molecule has 21 heavy (non-hydrogen) atoms. The third kappa shape index (κ3) is 2.20. The second-order valence-electron chi connectivity index (χ2n) is 5.59. The Labute approximate surface area is 122 Å². The van der Waals surface area contributed by atoms with Crippen molar-refractivity contribution in [1.82, 2.24) is 4.90 Å². The van der Waals surface area contributed by atoms with Crippen molar-refractivity contribution in [2.24, 2.45) is 0 Å². The van der Waals surface area contributed by atoms with E-state index in [4.69, 9.17) is 9.47 Å². The molecule has 1 atom stereocenters. The highest BCUT2D eigenvalue weighted by molar-refractivity contribution is 6.07. The highest BCUT2D eigenvalue weighted by Crippen LogP contribution is 2.35. The van der Waals surface area contributed by atoms with Gasteiger partial charge < -0.3 is 14.8 Å². The lowest BCUT2D eigenvalue weighted by atomic mass is 10.2. The molecule has 0 aromatic heterocycles. The van der Waals surface area contributed by atoms with Crippen LogP contribution in [-0.2, 0) is 9.59 Å². The molecule has 1 N–H and O–H groups in total. The lowest BCUT2D eigenvalue weighted by Crippen LogP contribution is -2.36. The number of carbonyl (C=O) groups is 2. The minimum Gasteiger partial charge on any atom is -0.486 e. The maximum absolute atomic E-state index is 12.3. The molecular formula is C15H16N2O4. The summed E-state index contributed by atoms with van der Waals surface area (Å²) in [6, 6.07) is 5.13. The Morgan fingerprint density at radius 2 is 1.86 bits per heavy atom. The first-order valence-corrected chi connectivity index (χ1v) is 7.24. The molecule has 1 saturated carbocycles. The zero-order chi connectivity index (χ0) is 14.4. The maximum Gasteiger partial charge on any atom is 0.252 e. The van der Waals surface area contributed by atoms with Crippen LogP contribution < -0.4 is 14.8 Å². The number of anilines is 1. The van der Waals surface area contributed by atoms with Gasteiger partial charge in [0.2, 0.25) is 5.91 Å². The predicted octanol–water partition coefficient (Wildman–Crippen LogP) is 1.16. The summed E-state index contributed by atoms with van der Waals surface area (Å²) in [7, 11) is 0. The third-order valence-electron chi connectivity index (χ3n) is 3.98. The van der Waals surface area contributed by atoms with Gasteiger partial charge in [0.25, 0.3) is 5.91 Å². The van der Waals surface area contributed by atoms with Crippen LogP contribution in [-0.4, -0.2) is 42.0 Å². The highest BCUT2D eigenvalue weighted by Gasteiger charge is 2.46. The summed E-state index contributed by atoms with van der Waals surface area (Å²) in [5, 5.41) is 3.14. The normalized spacial score (nSPS) is 24.4. The fourth-order valence-corrected chi connectivity index (χ4v) is 2.81. The molecular weight excluding hydrogens is 272 g/mol. The van der Waals surface area contributed by atoms with Gasteiger partial charge >= 0.3 is 0 Å². The first-order valence-electron chi connectivity index (χ1n) is 7.24. The van der Waals surface area contributed by atoms with Crippen LogP contribution in [0.3, 0.4) is 0 Å². The number of fused-ring (bicyclic) bond motifs is 1. The summed E-state index contributed by atoms with van der Waals surface area (Å²) in [4.78, 5) is 25.6. The molecule has 0 bridgehead atoms. The van der Waals surface area contributed by atoms with Crippen molar-refractivity contribution in [3.05, 3.63) is 18.2 Å². The number of rotatable bonds is 3. The van der Waals surface area contributed by atoms with Crippen molar-refractivity contribution in [3.63, 3.8) is 0 Å². The van der Waals surface area contributed by atoms with Gasteiger partial charge in [-0.2, -0.15) is 0 Å². The van der Waals surface area contributed by atoms with Crippen molar-refractivity contribution in [1.29, 1.82) is 0 Å². The largest absolute Gasteiger partial charge is 0.486 e. The Kier molecular flexibility index (Phi) is 2.77. The molecule has 2 amide bonds. The zero-order valence-corrected chi connectivity index (χ0v) is 11.5. The van der Waals surface area contributed by atoms with E-state index in [-0.39, 0.29) is 24.3 Å². The van der Waals surface area contributed by atoms with Crippen molar-refractivity contribution in [2.75, 3.05) is 18.5 Å². The van der Waals surface area contributed by atoms with E-state index < -0.39 is 6.04 Å². The molecule has 2 aliphatic heterocycles. The van der Waals surface area contributed by atoms with Gasteiger partial charge in [-0.1, -0.05) is 0 Å². The topological polar surface area (TPSA) is 67.9 Å². The average molecular weight is 288 g/mol. The van der Waals surface area contributed by atoms with E-state index in [0.717, 1.165) is 18.5 Å². The van der Waals surface area contributed by atoms with Crippen molar-refractivity contribution in [2.45, 2.75) is 31.3 Å². The van der Waals surface area contributed by atoms with Gasteiger partial charge in [-0.05, 0) is 25.0 Å². The fourth-order valence-electron chi connectivity index (χ4n) is 2.81. The van der Waals surface area contributed by atoms with Crippen LogP contribution in [0.1, 0.15) is 19.3 Å². The SMILES string of the molecule is O=C1CC(Nc2ccc3c(c2)OCCO3)C(=O)N1C1CC1. The van der Waals surface area contributed by atoms with Gasteiger partial charge in [0.1, 0.15) is 19.3 Å². The number of likely N-dealkylation sites (tertiary alicyclic amines) is 1. The van der Waals surface area contributed by atoms with Crippen molar-refractivity contribution < 1.29 is 19.1 Å². The second kappa shape index (κ2) is 4.65. The summed E-state index contributed by atoms with van der Waals surface area (Å²) >= 11 is 0. The minimum atomic E-state index is -0.472. The van der Waals surface area contributed by atoms with E-state index in [9.17, 15) is 9.59 Å². The van der Waals surface area contributed by atoms with Crippen LogP contribution in [0.2, 0.25) is 0 Å². The lowest BCUT2D eigenvalue weighted by Gasteiger charge is -2.20. The highest BCUT2D eigenvalue weighted by atomic mass is 16.6. The quantitative estimate of drug-likeness (QED) is 0.845. The summed E-state index contributed by atoms with van der Waals surface area (Å²) in [5.74, 6) is 1.19. The standard InChI is InChI=1S/C15H16N2O4/c18-14-8-11(15(19)17(14)10-2-3-10)16-9-1-4-12-13(7-9)21-6-5-20-12/h1,4,7,10-11,16H,2-3,5-6,8H2. The van der Waals surface area contributed by atoms with Gasteiger partial charge in [-0.25, -0.2) is 0 Å². The van der Waals surface area contributed by atoms with Crippen LogP contribution in [0.4, 0.5) is 5.69 Å². The first-order chi connectivity index (χ1) is 10.2. The van der Waals surface area contributed by atoms with Crippen LogP contribution in [0.15, 0.2) is 18.2 Å². The Bertz CT molecular complexity index is 612. The van der Waals surface area contributed by atoms with E-state index in [1.54, 1.807) is 0 Å². The molecule has 4 rings (SSSR count). The van der Waals surface area contributed by atoms with E-state index >= 15 is 0 Å². The average Bonchev–Trinajstić information content (AvgIpc) is 3.27. The van der Waals surface area contributed by atoms with E-state index in [1.165, 1.54) is 4.90 Å². The van der Waals surface area contributed by atoms with Crippen LogP contribution >= 0.6 is 0 Å². The van der Waals surface area contributed by atoms with E-state index in [1.807, 2.05) is 18.2 Å². The van der Waals surface area contributed by atoms with Gasteiger partial charge in [0.15, 0.2) is 11.5 Å². The number of amides is 2. The third-order valence-corrected chi connectivity index (χ3v) is 3.98. The molecule has 0 radical (unpaired) electrons. The number of nitrogens with zero attached hydrogens (tertiary/aromatic N) is 1. The molecule has 6 nitrogen and oxygen atoms in total. The van der Waals surface area contributed by atoms with Gasteiger partial charge in [-0.3, -0.25) is 14.5 Å². The number of benzene rings is 1. The second-order valence-corrected chi connectivity index (χ2v) is 5.59. The number of ether oxygens (including phenoxy) is 2. The smallest absolute Gasteiger partial charge is 0.252 e. The maximum atomic E-state index is 12.3. The molecule has 2 fully saturated rings. The zero-order valence-electron chi connectivity index (χ0n) is 11.5. The Balaban J connectivity index is 1.51. The molecule has 1 aromatic carbocycles. The molecule has 2 heterocycles. The molecule has 110 valence electrons. The van der Waals surface area contributed by atoms with Crippen molar-refractivity contribution in [3.8, 4) is 11.5 Å². The molecule has 1 aromatic rings. The van der Waals surface area contributed by atoms with Crippen LogP contribution in [0.5, 0.6) is 11.5 Å². The Morgan fingerprint density at radius 3 is 2.62 bits per heavy atom. The summed E-state index contributed by atoms with van der Waals surface area (Å²) in [6.45, 7) is 1.07. The van der Waals surface area contributed by atoms with Gasteiger partial charge in [-0.15, -0.1) is 0 Å². The fraction of sp³-hybridized carbons (Fsp3) is 0.467. The summed E-state index contributed by atoms with van der Waals surface area (Å²) in [6.07, 6.45) is 2.10. The lowest BCUT2D eigenvalue weighted by molar-refractivity contribution is -0.139. The van der Waals surface area contributed by atoms with Crippen LogP contribution in [0, 0.1) is 0 Å². The number of nitrogens with one attached hydrogen (secondary N) is 1. The number of imide groups is 1. The molecule has 1 saturated heterocycles. The predicted molar refractivity (Wildman–Crippen MR) is 74.3 cm³/mol. The molecule has 6 heteroatoms. The Hall–Kier alpha value is -2.24. The first kappa shape index (κ1) is 12.5. The van der Waals surface area contributed by atoms with Gasteiger partial charge in [0, 0.05) is 17.8 Å². The molecule has 0 spiro atoms.